The molecule has 2 heteroatoms. The molecule has 0 aromatic heterocycles. The molecule has 0 aromatic carbocycles. The molecule has 18 heavy (non-hydrogen) atoms. The summed E-state index contributed by atoms with van der Waals surface area (Å²) in [6.45, 7) is 17.7. The Kier molecular flexibility index (Phi) is 6.65. The van der Waals surface area contributed by atoms with Crippen LogP contribution in [-0.2, 0) is 0 Å². The molecule has 0 saturated carbocycles. The van der Waals surface area contributed by atoms with Crippen molar-refractivity contribution in [3.05, 3.63) is 0 Å². The summed E-state index contributed by atoms with van der Waals surface area (Å²) in [4.78, 5) is 2.75. The molecule has 3 atom stereocenters. The van der Waals surface area contributed by atoms with E-state index in [1.807, 2.05) is 0 Å². The molecule has 0 spiro atoms. The third-order valence-corrected chi connectivity index (χ3v) is 4.29. The highest BCUT2D eigenvalue weighted by atomic mass is 15.2. The molecule has 0 aliphatic carbocycles. The molecule has 2 nitrogen and oxygen atoms in total. The van der Waals surface area contributed by atoms with E-state index in [9.17, 15) is 0 Å². The third-order valence-electron chi connectivity index (χ3n) is 4.29. The van der Waals surface area contributed by atoms with Crippen molar-refractivity contribution in [2.75, 3.05) is 19.6 Å². The Balaban J connectivity index is 2.50. The van der Waals surface area contributed by atoms with Crippen LogP contribution in [-0.4, -0.2) is 36.6 Å². The van der Waals surface area contributed by atoms with Crippen molar-refractivity contribution in [3.63, 3.8) is 0 Å². The van der Waals surface area contributed by atoms with Gasteiger partial charge in [0, 0.05) is 18.6 Å². The normalized spacial score (nSPS) is 28.0. The van der Waals surface area contributed by atoms with Gasteiger partial charge in [-0.2, -0.15) is 0 Å². The van der Waals surface area contributed by atoms with Crippen molar-refractivity contribution in [3.8, 4) is 0 Å². The molecular weight excluding hydrogens is 220 g/mol. The minimum absolute atomic E-state index is 0.700. The van der Waals surface area contributed by atoms with Gasteiger partial charge in [-0.05, 0) is 50.6 Å². The summed E-state index contributed by atoms with van der Waals surface area (Å²) in [7, 11) is 0. The Morgan fingerprint density at radius 2 is 1.78 bits per heavy atom. The maximum Gasteiger partial charge on any atom is 0.0246 e. The smallest absolute Gasteiger partial charge is 0.0246 e. The number of hydrogen-bond acceptors (Lipinski definition) is 2. The summed E-state index contributed by atoms with van der Waals surface area (Å²) in [5.41, 5.74) is 0. The van der Waals surface area contributed by atoms with Gasteiger partial charge in [0.15, 0.2) is 0 Å². The van der Waals surface area contributed by atoms with Crippen molar-refractivity contribution >= 4 is 0 Å². The van der Waals surface area contributed by atoms with E-state index < -0.39 is 0 Å². The summed E-state index contributed by atoms with van der Waals surface area (Å²) in [5.74, 6) is 2.39. The average Bonchev–Trinajstić information content (AvgIpc) is 2.25. The molecule has 1 aliphatic rings. The van der Waals surface area contributed by atoms with Crippen LogP contribution < -0.4 is 5.32 Å². The standard InChI is InChI=1S/C16H34N2/c1-12(2)10-17-11-16(13(3)4)18-8-7-14(5)9-15(18)6/h12-17H,7-11H2,1-6H3. The van der Waals surface area contributed by atoms with Crippen molar-refractivity contribution in [1.29, 1.82) is 0 Å². The largest absolute Gasteiger partial charge is 0.315 e. The van der Waals surface area contributed by atoms with Crippen LogP contribution in [0.25, 0.3) is 0 Å². The van der Waals surface area contributed by atoms with Crippen LogP contribution in [0.4, 0.5) is 0 Å². The molecule has 1 aliphatic heterocycles. The van der Waals surface area contributed by atoms with Crippen LogP contribution in [0.2, 0.25) is 0 Å². The molecular formula is C16H34N2. The number of rotatable bonds is 6. The van der Waals surface area contributed by atoms with Gasteiger partial charge in [0.1, 0.15) is 0 Å². The zero-order valence-electron chi connectivity index (χ0n) is 13.4. The second kappa shape index (κ2) is 7.49. The van der Waals surface area contributed by atoms with Gasteiger partial charge in [-0.25, -0.2) is 0 Å². The second-order valence-corrected chi connectivity index (χ2v) is 7.08. The quantitative estimate of drug-likeness (QED) is 0.782. The first-order valence-electron chi connectivity index (χ1n) is 7.88. The molecule has 108 valence electrons. The van der Waals surface area contributed by atoms with Gasteiger partial charge >= 0.3 is 0 Å². The third kappa shape index (κ3) is 4.89. The predicted molar refractivity (Wildman–Crippen MR) is 80.9 cm³/mol. The summed E-state index contributed by atoms with van der Waals surface area (Å²) in [6.07, 6.45) is 2.74. The van der Waals surface area contributed by atoms with Gasteiger partial charge < -0.3 is 5.32 Å². The SMILES string of the molecule is CC(C)CNCC(C(C)C)N1CCC(C)CC1C. The van der Waals surface area contributed by atoms with Crippen LogP contribution in [0.5, 0.6) is 0 Å². The monoisotopic (exact) mass is 254 g/mol. The average molecular weight is 254 g/mol. The fourth-order valence-electron chi connectivity index (χ4n) is 3.17. The first kappa shape index (κ1) is 16.0. The molecule has 0 amide bonds. The van der Waals surface area contributed by atoms with E-state index in [2.05, 4.69) is 51.8 Å². The molecule has 0 bridgehead atoms. The van der Waals surface area contributed by atoms with E-state index in [0.717, 1.165) is 36.9 Å². The minimum atomic E-state index is 0.700. The lowest BCUT2D eigenvalue weighted by molar-refractivity contribution is 0.0585. The van der Waals surface area contributed by atoms with E-state index >= 15 is 0 Å². The lowest BCUT2D eigenvalue weighted by Gasteiger charge is -2.43. The van der Waals surface area contributed by atoms with Crippen LogP contribution in [0.1, 0.15) is 54.4 Å². The highest BCUT2D eigenvalue weighted by molar-refractivity contribution is 4.85. The van der Waals surface area contributed by atoms with Gasteiger partial charge in [0.2, 0.25) is 0 Å². The number of nitrogens with one attached hydrogen (secondary N) is 1. The van der Waals surface area contributed by atoms with Gasteiger partial charge in [-0.15, -0.1) is 0 Å². The van der Waals surface area contributed by atoms with Crippen molar-refractivity contribution in [2.45, 2.75) is 66.5 Å². The first-order valence-corrected chi connectivity index (χ1v) is 7.88. The van der Waals surface area contributed by atoms with Gasteiger partial charge in [0.25, 0.3) is 0 Å². The Bertz CT molecular complexity index is 225. The number of hydrogen-bond donors (Lipinski definition) is 1. The summed E-state index contributed by atoms with van der Waals surface area (Å²) >= 11 is 0. The molecule has 1 rings (SSSR count). The highest BCUT2D eigenvalue weighted by Crippen LogP contribution is 2.26. The van der Waals surface area contributed by atoms with Gasteiger partial charge in [0.05, 0.1) is 0 Å². The Morgan fingerprint density at radius 1 is 1.11 bits per heavy atom. The zero-order valence-corrected chi connectivity index (χ0v) is 13.4. The molecule has 1 heterocycles. The van der Waals surface area contributed by atoms with Crippen molar-refractivity contribution in [1.82, 2.24) is 10.2 Å². The molecule has 0 aromatic rings. The van der Waals surface area contributed by atoms with E-state index in [1.165, 1.54) is 19.4 Å². The molecule has 1 fully saturated rings. The zero-order chi connectivity index (χ0) is 13.7. The lowest BCUT2D eigenvalue weighted by atomic mass is 9.89. The summed E-state index contributed by atoms with van der Waals surface area (Å²) in [5, 5.41) is 3.65. The van der Waals surface area contributed by atoms with E-state index in [1.54, 1.807) is 0 Å². The van der Waals surface area contributed by atoms with E-state index in [-0.39, 0.29) is 0 Å². The maximum absolute atomic E-state index is 3.65. The Morgan fingerprint density at radius 3 is 2.28 bits per heavy atom. The van der Waals surface area contributed by atoms with E-state index in [0.29, 0.717) is 6.04 Å². The first-order chi connectivity index (χ1) is 8.41. The van der Waals surface area contributed by atoms with Crippen LogP contribution in [0.3, 0.4) is 0 Å². The van der Waals surface area contributed by atoms with Crippen LogP contribution in [0.15, 0.2) is 0 Å². The predicted octanol–water partition coefficient (Wildman–Crippen LogP) is 3.38. The lowest BCUT2D eigenvalue weighted by Crippen LogP contribution is -2.52. The molecule has 3 unspecified atom stereocenters. The maximum atomic E-state index is 3.65. The van der Waals surface area contributed by atoms with Crippen LogP contribution in [0, 0.1) is 17.8 Å². The molecule has 1 saturated heterocycles. The minimum Gasteiger partial charge on any atom is -0.315 e. The molecule has 1 N–H and O–H groups in total. The van der Waals surface area contributed by atoms with Crippen molar-refractivity contribution < 1.29 is 0 Å². The summed E-state index contributed by atoms with van der Waals surface area (Å²) < 4.78 is 0. The Hall–Kier alpha value is -0.0800. The highest BCUT2D eigenvalue weighted by Gasteiger charge is 2.30. The fraction of sp³-hybridized carbons (Fsp3) is 1.00. The van der Waals surface area contributed by atoms with Gasteiger partial charge in [-0.1, -0.05) is 34.6 Å². The van der Waals surface area contributed by atoms with Crippen LogP contribution >= 0.6 is 0 Å². The fourth-order valence-corrected chi connectivity index (χ4v) is 3.17. The Labute approximate surface area is 115 Å². The number of piperidine rings is 1. The van der Waals surface area contributed by atoms with Gasteiger partial charge in [-0.3, -0.25) is 4.90 Å². The second-order valence-electron chi connectivity index (χ2n) is 7.08. The molecule has 0 radical (unpaired) electrons. The van der Waals surface area contributed by atoms with E-state index in [4.69, 9.17) is 0 Å². The number of likely N-dealkylation sites (tertiary alicyclic amines) is 1. The number of nitrogens with zero attached hydrogens (tertiary/aromatic N) is 1. The summed E-state index contributed by atoms with van der Waals surface area (Å²) in [6, 6.07) is 1.45. The van der Waals surface area contributed by atoms with Crippen molar-refractivity contribution in [2.24, 2.45) is 17.8 Å². The topological polar surface area (TPSA) is 15.3 Å².